The topological polar surface area (TPSA) is 72.5 Å². The summed E-state index contributed by atoms with van der Waals surface area (Å²) in [7, 11) is 0. The van der Waals surface area contributed by atoms with Crippen LogP contribution in [0.3, 0.4) is 0 Å². The zero-order valence-corrected chi connectivity index (χ0v) is 19.5. The van der Waals surface area contributed by atoms with Gasteiger partial charge in [-0.15, -0.1) is 0 Å². The van der Waals surface area contributed by atoms with E-state index in [1.54, 1.807) is 66.7 Å². The summed E-state index contributed by atoms with van der Waals surface area (Å²) in [4.78, 5) is 39.7. The van der Waals surface area contributed by atoms with Crippen LogP contribution in [0.5, 0.6) is 0 Å². The zero-order valence-electron chi connectivity index (χ0n) is 19.5. The van der Waals surface area contributed by atoms with Crippen molar-refractivity contribution in [2.24, 2.45) is 0 Å². The Morgan fingerprint density at radius 2 is 1.23 bits per heavy atom. The number of hydrogen-bond donors (Lipinski definition) is 1. The monoisotopic (exact) mass is 463 g/mol. The number of benzene rings is 4. The van der Waals surface area contributed by atoms with E-state index in [2.05, 4.69) is 5.32 Å². The summed E-state index contributed by atoms with van der Waals surface area (Å²) in [6.45, 7) is 3.88. The SMILES string of the molecule is Cc1cc(C)cc(NC(=O)[C@@H](OC(=O)c2ccccc2C(=O)c2ccccc2)c2ccccc2)c1. The van der Waals surface area contributed by atoms with Gasteiger partial charge in [-0.05, 0) is 43.2 Å². The van der Waals surface area contributed by atoms with Crippen LogP contribution >= 0.6 is 0 Å². The molecule has 0 aliphatic heterocycles. The number of amides is 1. The van der Waals surface area contributed by atoms with Crippen molar-refractivity contribution in [3.05, 3.63) is 137 Å². The molecule has 35 heavy (non-hydrogen) atoms. The highest BCUT2D eigenvalue weighted by Gasteiger charge is 2.28. The molecular weight excluding hydrogens is 438 g/mol. The van der Waals surface area contributed by atoms with Crippen molar-refractivity contribution in [3.63, 3.8) is 0 Å². The van der Waals surface area contributed by atoms with Crippen molar-refractivity contribution in [1.82, 2.24) is 0 Å². The Kier molecular flexibility index (Phi) is 7.17. The second kappa shape index (κ2) is 10.6. The van der Waals surface area contributed by atoms with E-state index in [4.69, 9.17) is 4.74 Å². The maximum atomic E-state index is 13.3. The van der Waals surface area contributed by atoms with Gasteiger partial charge < -0.3 is 10.1 Å². The zero-order chi connectivity index (χ0) is 24.8. The van der Waals surface area contributed by atoms with Crippen molar-refractivity contribution in [2.45, 2.75) is 20.0 Å². The first kappa shape index (κ1) is 23.6. The molecule has 0 bridgehead atoms. The van der Waals surface area contributed by atoms with Crippen molar-refractivity contribution < 1.29 is 19.1 Å². The minimum atomic E-state index is -1.20. The van der Waals surface area contributed by atoms with Crippen LogP contribution in [0.1, 0.15) is 49.1 Å². The van der Waals surface area contributed by atoms with Gasteiger partial charge >= 0.3 is 5.97 Å². The lowest BCUT2D eigenvalue weighted by Gasteiger charge is -2.19. The highest BCUT2D eigenvalue weighted by molar-refractivity contribution is 6.14. The summed E-state index contributed by atoms with van der Waals surface area (Å²) in [5.74, 6) is -1.54. The van der Waals surface area contributed by atoms with Gasteiger partial charge in [-0.25, -0.2) is 4.79 Å². The van der Waals surface area contributed by atoms with Crippen LogP contribution in [0.4, 0.5) is 5.69 Å². The smallest absolute Gasteiger partial charge is 0.340 e. The average molecular weight is 464 g/mol. The van der Waals surface area contributed by atoms with E-state index in [1.165, 1.54) is 6.07 Å². The fourth-order valence-electron chi connectivity index (χ4n) is 3.93. The second-order valence-electron chi connectivity index (χ2n) is 8.30. The summed E-state index contributed by atoms with van der Waals surface area (Å²) < 4.78 is 5.74. The first-order chi connectivity index (χ1) is 16.9. The van der Waals surface area contributed by atoms with Gasteiger partial charge in [-0.2, -0.15) is 0 Å². The van der Waals surface area contributed by atoms with E-state index in [0.29, 0.717) is 16.8 Å². The molecule has 0 fully saturated rings. The van der Waals surface area contributed by atoms with Crippen LogP contribution in [-0.2, 0) is 9.53 Å². The number of ether oxygens (including phenoxy) is 1. The molecule has 174 valence electrons. The number of ketones is 1. The van der Waals surface area contributed by atoms with Crippen LogP contribution < -0.4 is 5.32 Å². The van der Waals surface area contributed by atoms with Gasteiger partial charge in [0.2, 0.25) is 6.10 Å². The lowest BCUT2D eigenvalue weighted by molar-refractivity contribution is -0.125. The molecule has 5 nitrogen and oxygen atoms in total. The number of nitrogens with one attached hydrogen (secondary N) is 1. The Labute approximate surface area is 204 Å². The largest absolute Gasteiger partial charge is 0.444 e. The molecule has 0 aliphatic carbocycles. The minimum Gasteiger partial charge on any atom is -0.444 e. The van der Waals surface area contributed by atoms with Crippen LogP contribution in [0.25, 0.3) is 0 Å². The molecule has 4 aromatic carbocycles. The van der Waals surface area contributed by atoms with Gasteiger partial charge in [0.25, 0.3) is 5.91 Å². The predicted molar refractivity (Wildman–Crippen MR) is 135 cm³/mol. The lowest BCUT2D eigenvalue weighted by Crippen LogP contribution is -2.26. The molecule has 1 N–H and O–H groups in total. The summed E-state index contributed by atoms with van der Waals surface area (Å²) in [6.07, 6.45) is -1.20. The maximum absolute atomic E-state index is 13.3. The standard InChI is InChI=1S/C30H25NO4/c1-20-17-21(2)19-24(18-20)31-29(33)28(23-13-7-4-8-14-23)35-30(34)26-16-10-9-15-25(26)27(32)22-11-5-3-6-12-22/h3-19,28H,1-2H3,(H,31,33)/t28-/m0/s1. The van der Waals surface area contributed by atoms with Crippen molar-refractivity contribution in [1.29, 1.82) is 0 Å². The number of anilines is 1. The highest BCUT2D eigenvalue weighted by atomic mass is 16.5. The Balaban J connectivity index is 1.64. The molecule has 4 aromatic rings. The quantitative estimate of drug-likeness (QED) is 0.267. The normalized spacial score (nSPS) is 11.4. The first-order valence-corrected chi connectivity index (χ1v) is 11.3. The molecule has 0 saturated carbocycles. The van der Waals surface area contributed by atoms with Crippen molar-refractivity contribution in [3.8, 4) is 0 Å². The van der Waals surface area contributed by atoms with E-state index in [9.17, 15) is 14.4 Å². The Morgan fingerprint density at radius 3 is 1.86 bits per heavy atom. The molecule has 0 spiro atoms. The number of carbonyl (C=O) groups is 3. The molecule has 0 aromatic heterocycles. The molecule has 5 heteroatoms. The van der Waals surface area contributed by atoms with Crippen LogP contribution in [-0.4, -0.2) is 17.7 Å². The summed E-state index contributed by atoms with van der Waals surface area (Å²) >= 11 is 0. The fraction of sp³-hybridized carbons (Fsp3) is 0.100. The third kappa shape index (κ3) is 5.71. The molecule has 0 radical (unpaired) electrons. The molecule has 1 atom stereocenters. The van der Waals surface area contributed by atoms with Crippen LogP contribution in [0.15, 0.2) is 103 Å². The van der Waals surface area contributed by atoms with Crippen LogP contribution in [0.2, 0.25) is 0 Å². The number of hydrogen-bond acceptors (Lipinski definition) is 4. The van der Waals surface area contributed by atoms with Crippen molar-refractivity contribution in [2.75, 3.05) is 5.32 Å². The summed E-state index contributed by atoms with van der Waals surface area (Å²) in [6, 6.07) is 29.7. The molecular formula is C30H25NO4. The molecule has 0 saturated heterocycles. The molecule has 0 heterocycles. The number of carbonyl (C=O) groups excluding carboxylic acids is 3. The number of rotatable bonds is 7. The average Bonchev–Trinajstić information content (AvgIpc) is 2.87. The van der Waals surface area contributed by atoms with E-state index in [-0.39, 0.29) is 16.9 Å². The van der Waals surface area contributed by atoms with Gasteiger partial charge in [-0.3, -0.25) is 9.59 Å². The fourth-order valence-corrected chi connectivity index (χ4v) is 3.93. The maximum Gasteiger partial charge on any atom is 0.340 e. The Bertz CT molecular complexity index is 1340. The van der Waals surface area contributed by atoms with Gasteiger partial charge in [0, 0.05) is 22.4 Å². The summed E-state index contributed by atoms with van der Waals surface area (Å²) in [5, 5.41) is 2.86. The van der Waals surface area contributed by atoms with E-state index >= 15 is 0 Å². The third-order valence-electron chi connectivity index (χ3n) is 5.48. The van der Waals surface area contributed by atoms with Gasteiger partial charge in [0.1, 0.15) is 0 Å². The Morgan fingerprint density at radius 1 is 0.686 bits per heavy atom. The number of aryl methyl sites for hydroxylation is 2. The van der Waals surface area contributed by atoms with Gasteiger partial charge in [0.15, 0.2) is 5.78 Å². The van der Waals surface area contributed by atoms with Gasteiger partial charge in [-0.1, -0.05) is 84.9 Å². The summed E-state index contributed by atoms with van der Waals surface area (Å²) in [5.41, 5.74) is 3.91. The molecule has 1 amide bonds. The third-order valence-corrected chi connectivity index (χ3v) is 5.48. The highest BCUT2D eigenvalue weighted by Crippen LogP contribution is 2.24. The molecule has 0 unspecified atom stereocenters. The van der Waals surface area contributed by atoms with E-state index in [1.807, 2.05) is 44.2 Å². The molecule has 0 aliphatic rings. The molecule has 4 rings (SSSR count). The predicted octanol–water partition coefficient (Wildman–Crippen LogP) is 6.07. The van der Waals surface area contributed by atoms with Crippen molar-refractivity contribution >= 4 is 23.3 Å². The van der Waals surface area contributed by atoms with E-state index < -0.39 is 18.0 Å². The Hall–Kier alpha value is -4.51. The lowest BCUT2D eigenvalue weighted by atomic mass is 9.98. The number of esters is 1. The van der Waals surface area contributed by atoms with Gasteiger partial charge in [0.05, 0.1) is 5.56 Å². The van der Waals surface area contributed by atoms with E-state index in [0.717, 1.165) is 11.1 Å². The second-order valence-corrected chi connectivity index (χ2v) is 8.30. The minimum absolute atomic E-state index is 0.0986. The first-order valence-electron chi connectivity index (χ1n) is 11.3. The van der Waals surface area contributed by atoms with Crippen LogP contribution in [0, 0.1) is 13.8 Å².